The predicted molar refractivity (Wildman–Crippen MR) is 120 cm³/mol. The summed E-state index contributed by atoms with van der Waals surface area (Å²) < 4.78 is 16.8. The third-order valence-corrected chi connectivity index (χ3v) is 5.69. The summed E-state index contributed by atoms with van der Waals surface area (Å²) in [7, 11) is 0. The second-order valence-corrected chi connectivity index (χ2v) is 8.22. The highest BCUT2D eigenvalue weighted by Crippen LogP contribution is 2.35. The Morgan fingerprint density at radius 1 is 0.774 bits per heavy atom. The fourth-order valence-electron chi connectivity index (χ4n) is 3.78. The Morgan fingerprint density at radius 3 is 1.97 bits per heavy atom. The van der Waals surface area contributed by atoms with E-state index in [1.165, 1.54) is 11.1 Å². The molecule has 3 aromatic carbocycles. The molecule has 160 valence electrons. The van der Waals surface area contributed by atoms with Gasteiger partial charge >= 0.3 is 5.97 Å². The van der Waals surface area contributed by atoms with E-state index in [1.807, 2.05) is 72.8 Å². The smallest absolute Gasteiger partial charge is 0.338 e. The number of hydrogen-bond donors (Lipinski definition) is 0. The van der Waals surface area contributed by atoms with Crippen molar-refractivity contribution in [2.45, 2.75) is 26.1 Å². The zero-order valence-electron chi connectivity index (χ0n) is 17.7. The number of carbonyl (C=O) groups excluding carboxylic acids is 1. The van der Waals surface area contributed by atoms with E-state index >= 15 is 0 Å². The number of benzene rings is 3. The third-order valence-electron chi connectivity index (χ3n) is 5.69. The van der Waals surface area contributed by atoms with Crippen LogP contribution in [-0.2, 0) is 33.8 Å². The maximum absolute atomic E-state index is 12.3. The second kappa shape index (κ2) is 10.4. The Morgan fingerprint density at radius 2 is 1.39 bits per heavy atom. The van der Waals surface area contributed by atoms with Gasteiger partial charge in [-0.2, -0.15) is 0 Å². The number of rotatable bonds is 10. The van der Waals surface area contributed by atoms with Crippen molar-refractivity contribution >= 4 is 5.97 Å². The topological polar surface area (TPSA) is 44.8 Å². The van der Waals surface area contributed by atoms with Crippen LogP contribution in [0.2, 0.25) is 0 Å². The molecule has 0 unspecified atom stereocenters. The van der Waals surface area contributed by atoms with Gasteiger partial charge in [0.15, 0.2) is 0 Å². The van der Waals surface area contributed by atoms with Crippen molar-refractivity contribution in [2.24, 2.45) is 5.41 Å². The molecule has 1 saturated heterocycles. The Hall–Kier alpha value is -2.95. The standard InChI is InChI=1S/C27H28O4/c28-26(31-19-24-9-5-2-6-10-24)25-13-11-22(12-14-25)17-27(20-30-21-27)15-16-29-18-23-7-3-1-4-8-23/h1-14H,15-21H2. The summed E-state index contributed by atoms with van der Waals surface area (Å²) >= 11 is 0. The Balaban J connectivity index is 1.25. The van der Waals surface area contributed by atoms with Gasteiger partial charge in [0.2, 0.25) is 0 Å². The van der Waals surface area contributed by atoms with Crippen molar-refractivity contribution in [1.29, 1.82) is 0 Å². The van der Waals surface area contributed by atoms with Gasteiger partial charge in [-0.3, -0.25) is 0 Å². The van der Waals surface area contributed by atoms with Crippen LogP contribution in [0.1, 0.15) is 33.5 Å². The molecule has 0 amide bonds. The summed E-state index contributed by atoms with van der Waals surface area (Å²) in [5, 5.41) is 0. The van der Waals surface area contributed by atoms with E-state index in [0.29, 0.717) is 18.8 Å². The van der Waals surface area contributed by atoms with Gasteiger partial charge in [-0.1, -0.05) is 72.8 Å². The van der Waals surface area contributed by atoms with Crippen LogP contribution >= 0.6 is 0 Å². The molecule has 0 bridgehead atoms. The van der Waals surface area contributed by atoms with Crippen molar-refractivity contribution < 1.29 is 19.0 Å². The molecule has 1 fully saturated rings. The van der Waals surface area contributed by atoms with Gasteiger partial charge in [-0.15, -0.1) is 0 Å². The highest BCUT2D eigenvalue weighted by atomic mass is 16.5. The zero-order chi connectivity index (χ0) is 21.4. The molecule has 1 aliphatic rings. The lowest BCUT2D eigenvalue weighted by Gasteiger charge is -2.41. The van der Waals surface area contributed by atoms with Crippen LogP contribution in [0.5, 0.6) is 0 Å². The van der Waals surface area contributed by atoms with Gasteiger partial charge in [0.1, 0.15) is 6.61 Å². The minimum Gasteiger partial charge on any atom is -0.457 e. The zero-order valence-corrected chi connectivity index (χ0v) is 17.7. The molecule has 0 spiro atoms. The normalized spacial score (nSPS) is 14.6. The van der Waals surface area contributed by atoms with E-state index in [2.05, 4.69) is 12.1 Å². The van der Waals surface area contributed by atoms with Crippen LogP contribution in [0.15, 0.2) is 84.9 Å². The Kier molecular flexibility index (Phi) is 7.13. The number of carbonyl (C=O) groups is 1. The van der Waals surface area contributed by atoms with Gasteiger partial charge in [0, 0.05) is 12.0 Å². The quantitative estimate of drug-likeness (QED) is 0.336. The first-order valence-corrected chi connectivity index (χ1v) is 10.7. The average Bonchev–Trinajstić information content (AvgIpc) is 2.80. The molecule has 0 radical (unpaired) electrons. The van der Waals surface area contributed by atoms with Crippen molar-refractivity contribution in [3.8, 4) is 0 Å². The first kappa shape index (κ1) is 21.3. The Bertz CT molecular complexity index is 948. The lowest BCUT2D eigenvalue weighted by molar-refractivity contribution is -0.126. The second-order valence-electron chi connectivity index (χ2n) is 8.22. The first-order chi connectivity index (χ1) is 15.2. The number of esters is 1. The molecule has 1 heterocycles. The highest BCUT2D eigenvalue weighted by Gasteiger charge is 2.38. The van der Waals surface area contributed by atoms with Crippen LogP contribution in [0.4, 0.5) is 0 Å². The van der Waals surface area contributed by atoms with Crippen LogP contribution < -0.4 is 0 Å². The average molecular weight is 417 g/mol. The molecule has 0 N–H and O–H groups in total. The minimum absolute atomic E-state index is 0.117. The fraction of sp³-hybridized carbons (Fsp3) is 0.296. The third kappa shape index (κ3) is 6.03. The number of ether oxygens (including phenoxy) is 3. The maximum atomic E-state index is 12.3. The van der Waals surface area contributed by atoms with Crippen LogP contribution in [0.3, 0.4) is 0 Å². The summed E-state index contributed by atoms with van der Waals surface area (Å²) in [6.07, 6.45) is 1.88. The molecule has 3 aromatic rings. The van der Waals surface area contributed by atoms with Gasteiger partial charge in [0.05, 0.1) is 25.4 Å². The molecule has 31 heavy (non-hydrogen) atoms. The lowest BCUT2D eigenvalue weighted by Crippen LogP contribution is -2.45. The van der Waals surface area contributed by atoms with Crippen LogP contribution in [0, 0.1) is 5.41 Å². The molecule has 0 aromatic heterocycles. The lowest BCUT2D eigenvalue weighted by atomic mass is 9.77. The summed E-state index contributed by atoms with van der Waals surface area (Å²) in [4.78, 5) is 12.3. The molecule has 4 rings (SSSR count). The Labute approximate surface area is 183 Å². The van der Waals surface area contributed by atoms with Crippen molar-refractivity contribution in [1.82, 2.24) is 0 Å². The summed E-state index contributed by atoms with van der Waals surface area (Å²) in [6, 6.07) is 27.7. The van der Waals surface area contributed by atoms with Crippen LogP contribution in [0.25, 0.3) is 0 Å². The summed E-state index contributed by atoms with van der Waals surface area (Å²) in [6.45, 7) is 3.13. The summed E-state index contributed by atoms with van der Waals surface area (Å²) in [5.74, 6) is -0.300. The maximum Gasteiger partial charge on any atom is 0.338 e. The van der Waals surface area contributed by atoms with Crippen molar-refractivity contribution in [3.05, 3.63) is 107 Å². The molecule has 4 heteroatoms. The van der Waals surface area contributed by atoms with Gasteiger partial charge in [-0.05, 0) is 41.7 Å². The van der Waals surface area contributed by atoms with Crippen molar-refractivity contribution in [2.75, 3.05) is 19.8 Å². The summed E-state index contributed by atoms with van der Waals surface area (Å²) in [5.41, 5.74) is 4.06. The van der Waals surface area contributed by atoms with Crippen LogP contribution in [-0.4, -0.2) is 25.8 Å². The fourth-order valence-corrected chi connectivity index (χ4v) is 3.78. The number of hydrogen-bond acceptors (Lipinski definition) is 4. The molecule has 4 nitrogen and oxygen atoms in total. The predicted octanol–water partition coefficient (Wildman–Crippen LogP) is 5.21. The minimum atomic E-state index is -0.300. The van der Waals surface area contributed by atoms with E-state index in [4.69, 9.17) is 14.2 Å². The highest BCUT2D eigenvalue weighted by molar-refractivity contribution is 5.89. The molecule has 0 saturated carbocycles. The molecule has 1 aliphatic heterocycles. The van der Waals surface area contributed by atoms with E-state index in [1.54, 1.807) is 0 Å². The largest absolute Gasteiger partial charge is 0.457 e. The van der Waals surface area contributed by atoms with E-state index < -0.39 is 0 Å². The van der Waals surface area contributed by atoms with E-state index in [-0.39, 0.29) is 18.0 Å². The van der Waals surface area contributed by atoms with Gasteiger partial charge in [0.25, 0.3) is 0 Å². The van der Waals surface area contributed by atoms with E-state index in [0.717, 1.165) is 31.6 Å². The van der Waals surface area contributed by atoms with Gasteiger partial charge in [-0.25, -0.2) is 4.79 Å². The molecule has 0 atom stereocenters. The monoisotopic (exact) mass is 416 g/mol. The van der Waals surface area contributed by atoms with Crippen molar-refractivity contribution in [3.63, 3.8) is 0 Å². The molecular formula is C27H28O4. The first-order valence-electron chi connectivity index (χ1n) is 10.7. The molecular weight excluding hydrogens is 388 g/mol. The van der Waals surface area contributed by atoms with Gasteiger partial charge < -0.3 is 14.2 Å². The molecule has 0 aliphatic carbocycles. The van der Waals surface area contributed by atoms with E-state index in [9.17, 15) is 4.79 Å². The SMILES string of the molecule is O=C(OCc1ccccc1)c1ccc(CC2(CCOCc3ccccc3)COC2)cc1.